The van der Waals surface area contributed by atoms with E-state index >= 15 is 0 Å². The zero-order valence-corrected chi connectivity index (χ0v) is 23.6. The summed E-state index contributed by atoms with van der Waals surface area (Å²) < 4.78 is 6.13. The summed E-state index contributed by atoms with van der Waals surface area (Å²) in [7, 11) is 0. The first-order chi connectivity index (χ1) is 17.5. The first-order valence-electron chi connectivity index (χ1n) is 13.7. The Hall–Kier alpha value is -2.91. The second kappa shape index (κ2) is 11.2. The largest absolute Gasteiger partial charge is 0.460 e. The predicted octanol–water partition coefficient (Wildman–Crippen LogP) is 8.08. The highest BCUT2D eigenvalue weighted by atomic mass is 16.6. The molecular formula is C34H43NO2. The summed E-state index contributed by atoms with van der Waals surface area (Å²) in [6, 6.07) is 26.1. The van der Waals surface area contributed by atoms with Crippen LogP contribution in [-0.4, -0.2) is 22.5 Å². The Labute approximate surface area is 223 Å². The van der Waals surface area contributed by atoms with Crippen molar-refractivity contribution in [2.24, 2.45) is 5.92 Å². The minimum atomic E-state index is -0.526. The van der Waals surface area contributed by atoms with Crippen molar-refractivity contribution in [2.45, 2.75) is 91.5 Å². The number of aryl methyl sites for hydroxylation is 3. The molecule has 0 amide bonds. The fourth-order valence-electron chi connectivity index (χ4n) is 6.40. The van der Waals surface area contributed by atoms with E-state index in [1.807, 2.05) is 20.8 Å². The molecule has 0 heterocycles. The molecule has 1 aliphatic carbocycles. The first kappa shape index (κ1) is 27.1. The molecule has 3 aromatic carbocycles. The van der Waals surface area contributed by atoms with Crippen LogP contribution in [0.4, 0.5) is 0 Å². The van der Waals surface area contributed by atoms with Crippen LogP contribution in [0.3, 0.4) is 0 Å². The standard InChI is InChI=1S/C34H43NO2/c1-23-20-24(2)31(25(3)21-23)29-18-19-30(32(29)33(36)37-34(5,6)7)35(22-27-14-10-8-11-15-27)26(4)28-16-12-9-13-17-28/h8-17,20-21,26,29-30,32H,18-19,22H2,1-7H3/t26-,29+,30-,32+/m0/s1. The lowest BCUT2D eigenvalue weighted by Crippen LogP contribution is -2.45. The van der Waals surface area contributed by atoms with Crippen molar-refractivity contribution in [2.75, 3.05) is 0 Å². The van der Waals surface area contributed by atoms with Crippen molar-refractivity contribution in [3.8, 4) is 0 Å². The molecule has 3 aromatic rings. The van der Waals surface area contributed by atoms with Gasteiger partial charge in [0, 0.05) is 18.6 Å². The number of carbonyl (C=O) groups is 1. The monoisotopic (exact) mass is 497 g/mol. The first-order valence-corrected chi connectivity index (χ1v) is 13.7. The lowest BCUT2D eigenvalue weighted by atomic mass is 9.81. The van der Waals surface area contributed by atoms with Crippen LogP contribution >= 0.6 is 0 Å². The number of rotatable bonds is 7. The van der Waals surface area contributed by atoms with Crippen LogP contribution in [0.15, 0.2) is 72.8 Å². The molecule has 196 valence electrons. The van der Waals surface area contributed by atoms with Crippen molar-refractivity contribution in [1.82, 2.24) is 4.90 Å². The van der Waals surface area contributed by atoms with Gasteiger partial charge >= 0.3 is 5.97 Å². The molecule has 0 spiro atoms. The maximum absolute atomic E-state index is 14.0. The van der Waals surface area contributed by atoms with Gasteiger partial charge in [-0.2, -0.15) is 0 Å². The van der Waals surface area contributed by atoms with Crippen LogP contribution in [0.1, 0.15) is 85.9 Å². The minimum absolute atomic E-state index is 0.0716. The van der Waals surface area contributed by atoms with Crippen molar-refractivity contribution < 1.29 is 9.53 Å². The molecule has 1 aliphatic rings. The van der Waals surface area contributed by atoms with Gasteiger partial charge in [0.05, 0.1) is 5.92 Å². The molecular weight excluding hydrogens is 454 g/mol. The lowest BCUT2D eigenvalue weighted by Gasteiger charge is -2.39. The van der Waals surface area contributed by atoms with E-state index in [1.165, 1.54) is 33.4 Å². The number of benzene rings is 3. The normalized spacial score (nSPS) is 20.7. The Balaban J connectivity index is 1.79. The average molecular weight is 498 g/mol. The van der Waals surface area contributed by atoms with Crippen LogP contribution in [0, 0.1) is 26.7 Å². The lowest BCUT2D eigenvalue weighted by molar-refractivity contribution is -0.162. The predicted molar refractivity (Wildman–Crippen MR) is 153 cm³/mol. The summed E-state index contributed by atoms with van der Waals surface area (Å²) >= 11 is 0. The fourth-order valence-corrected chi connectivity index (χ4v) is 6.40. The molecule has 0 N–H and O–H groups in total. The molecule has 1 fully saturated rings. The van der Waals surface area contributed by atoms with Gasteiger partial charge < -0.3 is 4.74 Å². The molecule has 0 bridgehead atoms. The minimum Gasteiger partial charge on any atom is -0.460 e. The van der Waals surface area contributed by atoms with Crippen LogP contribution in [-0.2, 0) is 16.1 Å². The number of nitrogens with zero attached hydrogens (tertiary/aromatic N) is 1. The summed E-state index contributed by atoms with van der Waals surface area (Å²) in [6.07, 6.45) is 1.94. The van der Waals surface area contributed by atoms with E-state index < -0.39 is 5.60 Å². The van der Waals surface area contributed by atoms with Gasteiger partial charge in [-0.15, -0.1) is 0 Å². The van der Waals surface area contributed by atoms with Crippen LogP contribution in [0.2, 0.25) is 0 Å². The van der Waals surface area contributed by atoms with E-state index in [9.17, 15) is 4.79 Å². The molecule has 1 saturated carbocycles. The van der Waals surface area contributed by atoms with E-state index in [0.717, 1.165) is 19.4 Å². The summed E-state index contributed by atoms with van der Waals surface area (Å²) in [5.41, 5.74) is 7.17. The molecule has 3 nitrogen and oxygen atoms in total. The molecule has 4 rings (SSSR count). The number of hydrogen-bond acceptors (Lipinski definition) is 3. The Morgan fingerprint density at radius 2 is 1.49 bits per heavy atom. The Morgan fingerprint density at radius 3 is 2.05 bits per heavy atom. The second-order valence-electron chi connectivity index (χ2n) is 11.9. The van der Waals surface area contributed by atoms with Gasteiger partial charge in [-0.05, 0) is 95.0 Å². The molecule has 0 saturated heterocycles. The van der Waals surface area contributed by atoms with E-state index in [-0.39, 0.29) is 29.9 Å². The van der Waals surface area contributed by atoms with Gasteiger partial charge in [-0.1, -0.05) is 78.4 Å². The third-order valence-electron chi connectivity index (χ3n) is 7.82. The van der Waals surface area contributed by atoms with Crippen LogP contribution in [0.5, 0.6) is 0 Å². The number of carbonyl (C=O) groups excluding carboxylic acids is 1. The zero-order chi connectivity index (χ0) is 26.7. The fraction of sp³-hybridized carbons (Fsp3) is 0.441. The quantitative estimate of drug-likeness (QED) is 0.309. The summed E-state index contributed by atoms with van der Waals surface area (Å²) in [5.74, 6) is -0.159. The average Bonchev–Trinajstić information content (AvgIpc) is 3.26. The molecule has 3 heteroatoms. The van der Waals surface area contributed by atoms with Gasteiger partial charge in [0.15, 0.2) is 0 Å². The smallest absolute Gasteiger partial charge is 0.311 e. The van der Waals surface area contributed by atoms with Crippen molar-refractivity contribution in [3.05, 3.63) is 106 Å². The Kier molecular flexibility index (Phi) is 8.23. The highest BCUT2D eigenvalue weighted by Gasteiger charge is 2.48. The van der Waals surface area contributed by atoms with Crippen LogP contribution < -0.4 is 0 Å². The maximum atomic E-state index is 14.0. The molecule has 0 aliphatic heterocycles. The second-order valence-corrected chi connectivity index (χ2v) is 11.9. The topological polar surface area (TPSA) is 29.5 Å². The molecule has 0 aromatic heterocycles. The van der Waals surface area contributed by atoms with E-state index in [0.29, 0.717) is 0 Å². The third kappa shape index (κ3) is 6.33. The zero-order valence-electron chi connectivity index (χ0n) is 23.6. The molecule has 0 radical (unpaired) electrons. The summed E-state index contributed by atoms with van der Waals surface area (Å²) in [6.45, 7) is 15.5. The number of ether oxygens (including phenoxy) is 1. The summed E-state index contributed by atoms with van der Waals surface area (Å²) in [5, 5.41) is 0. The van der Waals surface area contributed by atoms with E-state index in [2.05, 4.69) is 105 Å². The van der Waals surface area contributed by atoms with E-state index in [4.69, 9.17) is 4.74 Å². The van der Waals surface area contributed by atoms with Gasteiger partial charge in [0.1, 0.15) is 5.60 Å². The molecule has 4 atom stereocenters. The molecule has 0 unspecified atom stereocenters. The van der Waals surface area contributed by atoms with Crippen molar-refractivity contribution >= 4 is 5.97 Å². The van der Waals surface area contributed by atoms with Crippen molar-refractivity contribution in [3.63, 3.8) is 0 Å². The van der Waals surface area contributed by atoms with Crippen LogP contribution in [0.25, 0.3) is 0 Å². The number of hydrogen-bond donors (Lipinski definition) is 0. The van der Waals surface area contributed by atoms with Crippen molar-refractivity contribution in [1.29, 1.82) is 0 Å². The van der Waals surface area contributed by atoms with Gasteiger partial charge in [-0.25, -0.2) is 0 Å². The summed E-state index contributed by atoms with van der Waals surface area (Å²) in [4.78, 5) is 16.6. The van der Waals surface area contributed by atoms with Gasteiger partial charge in [-0.3, -0.25) is 9.69 Å². The Bertz CT molecular complexity index is 1170. The Morgan fingerprint density at radius 1 is 0.919 bits per heavy atom. The van der Waals surface area contributed by atoms with Gasteiger partial charge in [0.2, 0.25) is 0 Å². The maximum Gasteiger partial charge on any atom is 0.311 e. The highest BCUT2D eigenvalue weighted by molar-refractivity contribution is 5.76. The SMILES string of the molecule is Cc1cc(C)c([C@H]2CC[C@H](N(Cc3ccccc3)[C@@H](C)c3ccccc3)[C@@H]2C(=O)OC(C)(C)C)c(C)c1. The highest BCUT2D eigenvalue weighted by Crippen LogP contribution is 2.47. The molecule has 37 heavy (non-hydrogen) atoms. The van der Waals surface area contributed by atoms with E-state index in [1.54, 1.807) is 0 Å². The third-order valence-corrected chi connectivity index (χ3v) is 7.82. The van der Waals surface area contributed by atoms with Gasteiger partial charge in [0.25, 0.3) is 0 Å². The number of esters is 1.